The van der Waals surface area contributed by atoms with Crippen LogP contribution in [0, 0.1) is 0 Å². The van der Waals surface area contributed by atoms with Crippen LogP contribution >= 0.6 is 0 Å². The molecule has 0 aromatic carbocycles. The van der Waals surface area contributed by atoms with Crippen LogP contribution in [0.25, 0.3) is 0 Å². The first kappa shape index (κ1) is 66.9. The molecule has 6 heteroatoms. The Bertz CT molecular complexity index is 1110. The van der Waals surface area contributed by atoms with Gasteiger partial charge in [-0.25, -0.2) is 0 Å². The van der Waals surface area contributed by atoms with Crippen molar-refractivity contribution in [2.45, 2.75) is 348 Å². The van der Waals surface area contributed by atoms with Crippen LogP contribution in [-0.2, 0) is 28.6 Å². The lowest BCUT2D eigenvalue weighted by Gasteiger charge is -2.18. The first-order chi connectivity index (χ1) is 34.0. The molecule has 0 fully saturated rings. The van der Waals surface area contributed by atoms with Gasteiger partial charge in [-0.15, -0.1) is 0 Å². The first-order valence-electron chi connectivity index (χ1n) is 30.8. The van der Waals surface area contributed by atoms with Gasteiger partial charge >= 0.3 is 17.9 Å². The van der Waals surface area contributed by atoms with E-state index in [1.54, 1.807) is 0 Å². The third kappa shape index (κ3) is 56.7. The minimum absolute atomic E-state index is 0.0713. The molecule has 0 heterocycles. The highest BCUT2D eigenvalue weighted by molar-refractivity contribution is 5.71. The van der Waals surface area contributed by atoms with Gasteiger partial charge in [0.05, 0.1) is 0 Å². The average Bonchev–Trinajstić information content (AvgIpc) is 3.35. The van der Waals surface area contributed by atoms with E-state index in [9.17, 15) is 14.4 Å². The topological polar surface area (TPSA) is 78.9 Å². The molecular formula is C63H118O6. The fourth-order valence-electron chi connectivity index (χ4n) is 9.26. The molecule has 0 rings (SSSR count). The van der Waals surface area contributed by atoms with Crippen LogP contribution in [0.1, 0.15) is 342 Å². The second-order valence-corrected chi connectivity index (χ2v) is 21.0. The van der Waals surface area contributed by atoms with E-state index >= 15 is 0 Å². The van der Waals surface area contributed by atoms with Gasteiger partial charge in [0.1, 0.15) is 13.2 Å². The summed E-state index contributed by atoms with van der Waals surface area (Å²) in [4.78, 5) is 38.2. The van der Waals surface area contributed by atoms with Gasteiger partial charge in [-0.1, -0.05) is 276 Å². The van der Waals surface area contributed by atoms with Crippen molar-refractivity contribution >= 4 is 17.9 Å². The molecule has 0 saturated carbocycles. The maximum atomic E-state index is 12.9. The van der Waals surface area contributed by atoms with Crippen LogP contribution in [0.4, 0.5) is 0 Å². The van der Waals surface area contributed by atoms with E-state index in [4.69, 9.17) is 14.2 Å². The Labute approximate surface area is 430 Å². The Hall–Kier alpha value is -2.11. The smallest absolute Gasteiger partial charge is 0.306 e. The summed E-state index contributed by atoms with van der Waals surface area (Å²) in [6.07, 6.45) is 68.9. The van der Waals surface area contributed by atoms with Crippen molar-refractivity contribution in [3.05, 3.63) is 24.3 Å². The molecule has 69 heavy (non-hydrogen) atoms. The third-order valence-electron chi connectivity index (χ3n) is 13.9. The SMILES string of the molecule is CCCCCCCCCC/C=C\CCCCCCCCCC(=O)OCC(COC(=O)CCCCCCCCCCCCCCCC)OC(=O)CCCCCCC/C=C\CCCCCCCCCCC. The summed E-state index contributed by atoms with van der Waals surface area (Å²) in [5.41, 5.74) is 0. The second-order valence-electron chi connectivity index (χ2n) is 21.0. The maximum absolute atomic E-state index is 12.9. The third-order valence-corrected chi connectivity index (χ3v) is 13.9. The van der Waals surface area contributed by atoms with Crippen molar-refractivity contribution in [1.82, 2.24) is 0 Å². The zero-order valence-corrected chi connectivity index (χ0v) is 46.6. The van der Waals surface area contributed by atoms with E-state index < -0.39 is 6.10 Å². The summed E-state index contributed by atoms with van der Waals surface area (Å²) in [7, 11) is 0. The molecule has 6 nitrogen and oxygen atoms in total. The lowest BCUT2D eigenvalue weighted by Crippen LogP contribution is -2.30. The predicted molar refractivity (Wildman–Crippen MR) is 298 cm³/mol. The number of rotatable bonds is 57. The lowest BCUT2D eigenvalue weighted by molar-refractivity contribution is -0.167. The number of esters is 3. The Morgan fingerprint density at radius 2 is 0.478 bits per heavy atom. The zero-order chi connectivity index (χ0) is 50.0. The monoisotopic (exact) mass is 971 g/mol. The molecule has 1 atom stereocenters. The van der Waals surface area contributed by atoms with E-state index in [0.717, 1.165) is 64.2 Å². The van der Waals surface area contributed by atoms with Gasteiger partial charge in [0.15, 0.2) is 6.10 Å². The van der Waals surface area contributed by atoms with E-state index in [1.165, 1.54) is 238 Å². The number of carbonyl (C=O) groups is 3. The molecule has 0 aromatic rings. The summed E-state index contributed by atoms with van der Waals surface area (Å²) in [6.45, 7) is 6.69. The van der Waals surface area contributed by atoms with Crippen molar-refractivity contribution in [3.8, 4) is 0 Å². The highest BCUT2D eigenvalue weighted by Crippen LogP contribution is 2.17. The largest absolute Gasteiger partial charge is 0.462 e. The fourth-order valence-corrected chi connectivity index (χ4v) is 9.26. The van der Waals surface area contributed by atoms with Crippen LogP contribution in [0.3, 0.4) is 0 Å². The van der Waals surface area contributed by atoms with Gasteiger partial charge in [0.2, 0.25) is 0 Å². The van der Waals surface area contributed by atoms with Crippen LogP contribution in [-0.4, -0.2) is 37.2 Å². The Balaban J connectivity index is 4.33. The molecular weight excluding hydrogens is 853 g/mol. The quantitative estimate of drug-likeness (QED) is 0.0261. The van der Waals surface area contributed by atoms with Gasteiger partial charge in [0, 0.05) is 19.3 Å². The summed E-state index contributed by atoms with van der Waals surface area (Å²) in [5.74, 6) is -0.861. The van der Waals surface area contributed by atoms with E-state index in [2.05, 4.69) is 45.1 Å². The van der Waals surface area contributed by atoms with Crippen molar-refractivity contribution in [1.29, 1.82) is 0 Å². The normalized spacial score (nSPS) is 12.1. The highest BCUT2D eigenvalue weighted by atomic mass is 16.6. The van der Waals surface area contributed by atoms with Gasteiger partial charge in [0.25, 0.3) is 0 Å². The molecule has 0 aliphatic rings. The minimum atomic E-state index is -0.774. The average molecular weight is 972 g/mol. The number of carbonyl (C=O) groups excluding carboxylic acids is 3. The van der Waals surface area contributed by atoms with Gasteiger partial charge in [-0.3, -0.25) is 14.4 Å². The fraction of sp³-hybridized carbons (Fsp3) is 0.889. The van der Waals surface area contributed by atoms with Crippen LogP contribution < -0.4 is 0 Å². The first-order valence-corrected chi connectivity index (χ1v) is 30.8. The van der Waals surface area contributed by atoms with Gasteiger partial charge in [-0.05, 0) is 70.6 Å². The van der Waals surface area contributed by atoms with E-state index in [0.29, 0.717) is 19.3 Å². The van der Waals surface area contributed by atoms with E-state index in [1.807, 2.05) is 0 Å². The summed E-state index contributed by atoms with van der Waals surface area (Å²) in [5, 5.41) is 0. The molecule has 0 saturated heterocycles. The van der Waals surface area contributed by atoms with Crippen LogP contribution in [0.15, 0.2) is 24.3 Å². The molecule has 406 valence electrons. The number of allylic oxidation sites excluding steroid dienone is 4. The molecule has 0 aliphatic heterocycles. The van der Waals surface area contributed by atoms with Crippen molar-refractivity contribution in [2.75, 3.05) is 13.2 Å². The van der Waals surface area contributed by atoms with Gasteiger partial charge in [-0.2, -0.15) is 0 Å². The zero-order valence-electron chi connectivity index (χ0n) is 46.6. The predicted octanol–water partition coefficient (Wildman–Crippen LogP) is 20.7. The van der Waals surface area contributed by atoms with Crippen molar-refractivity contribution in [3.63, 3.8) is 0 Å². The molecule has 0 spiro atoms. The molecule has 0 bridgehead atoms. The molecule has 0 aliphatic carbocycles. The Kier molecular flexibility index (Phi) is 56.7. The Morgan fingerprint density at radius 1 is 0.275 bits per heavy atom. The van der Waals surface area contributed by atoms with E-state index in [-0.39, 0.29) is 31.1 Å². The highest BCUT2D eigenvalue weighted by Gasteiger charge is 2.19. The Morgan fingerprint density at radius 3 is 0.725 bits per heavy atom. The summed E-state index contributed by atoms with van der Waals surface area (Å²) >= 11 is 0. The molecule has 1 unspecified atom stereocenters. The van der Waals surface area contributed by atoms with Crippen molar-refractivity contribution in [2.24, 2.45) is 0 Å². The standard InChI is InChI=1S/C63H118O6/c1-4-7-10-13-16-19-22-25-28-30-32-34-35-38-41-44-47-50-53-56-62(65)68-59-60(58-67-61(64)55-52-49-46-43-40-37-27-24-21-18-15-12-9-6-3)69-63(66)57-54-51-48-45-42-39-36-33-31-29-26-23-20-17-14-11-8-5-2/h30,32-33,36,60H,4-29,31,34-35,37-59H2,1-3H3/b32-30-,36-33-. The number of hydrogen-bond acceptors (Lipinski definition) is 6. The van der Waals surface area contributed by atoms with Crippen LogP contribution in [0.2, 0.25) is 0 Å². The molecule has 0 radical (unpaired) electrons. The second kappa shape index (κ2) is 58.5. The van der Waals surface area contributed by atoms with Crippen LogP contribution in [0.5, 0.6) is 0 Å². The van der Waals surface area contributed by atoms with Crippen molar-refractivity contribution < 1.29 is 28.6 Å². The molecule has 0 aromatic heterocycles. The summed E-state index contributed by atoms with van der Waals surface area (Å²) in [6, 6.07) is 0. The molecule has 0 amide bonds. The molecule has 0 N–H and O–H groups in total. The maximum Gasteiger partial charge on any atom is 0.306 e. The number of unbranched alkanes of at least 4 members (excludes halogenated alkanes) is 42. The van der Waals surface area contributed by atoms with Gasteiger partial charge < -0.3 is 14.2 Å². The lowest BCUT2D eigenvalue weighted by atomic mass is 10.0. The number of ether oxygens (including phenoxy) is 3. The minimum Gasteiger partial charge on any atom is -0.462 e. The summed E-state index contributed by atoms with van der Waals surface area (Å²) < 4.78 is 16.9. The number of hydrogen-bond donors (Lipinski definition) is 0.